The molecule has 0 amide bonds. The van der Waals surface area contributed by atoms with Gasteiger partial charge in [0, 0.05) is 12.0 Å². The average molecular weight is 293 g/mol. The first-order valence-corrected chi connectivity index (χ1v) is 8.18. The van der Waals surface area contributed by atoms with Gasteiger partial charge in [-0.25, -0.2) is 4.39 Å². The smallest absolute Gasteiger partial charge is 0.162 e. The van der Waals surface area contributed by atoms with Crippen LogP contribution in [0.25, 0.3) is 0 Å². The van der Waals surface area contributed by atoms with Gasteiger partial charge in [-0.3, -0.25) is 4.79 Å². The van der Waals surface area contributed by atoms with Crippen molar-refractivity contribution < 1.29 is 9.18 Å². The molecule has 0 fully saturated rings. The van der Waals surface area contributed by atoms with E-state index in [0.29, 0.717) is 12.0 Å². The summed E-state index contributed by atoms with van der Waals surface area (Å²) in [6, 6.07) is 5.84. The molecular weight excluding hydrogens is 265 g/mol. The fraction of sp³-hybridized carbons (Fsp3) is 0.611. The van der Waals surface area contributed by atoms with Crippen LogP contribution in [0, 0.1) is 5.82 Å². The van der Waals surface area contributed by atoms with Crippen molar-refractivity contribution in [3.63, 3.8) is 0 Å². The van der Waals surface area contributed by atoms with Crippen LogP contribution >= 0.6 is 0 Å². The zero-order chi connectivity index (χ0) is 15.5. The summed E-state index contributed by atoms with van der Waals surface area (Å²) in [5.41, 5.74) is 0.616. The number of halogens is 1. The zero-order valence-electron chi connectivity index (χ0n) is 13.4. The number of benzene rings is 1. The van der Waals surface area contributed by atoms with E-state index in [4.69, 9.17) is 0 Å². The summed E-state index contributed by atoms with van der Waals surface area (Å²) in [6.07, 6.45) is 6.27. The quantitative estimate of drug-likeness (QED) is 0.552. The summed E-state index contributed by atoms with van der Waals surface area (Å²) >= 11 is 0. The second-order valence-electron chi connectivity index (χ2n) is 5.58. The minimum absolute atomic E-state index is 0.112. The van der Waals surface area contributed by atoms with Gasteiger partial charge in [0.1, 0.15) is 5.82 Å². The molecule has 2 nitrogen and oxygen atoms in total. The van der Waals surface area contributed by atoms with Crippen LogP contribution in [-0.4, -0.2) is 30.3 Å². The van der Waals surface area contributed by atoms with Gasteiger partial charge in [0.05, 0.1) is 0 Å². The molecule has 0 bridgehead atoms. The molecule has 0 radical (unpaired) electrons. The number of ketones is 1. The molecule has 0 aliphatic carbocycles. The summed E-state index contributed by atoms with van der Waals surface area (Å²) in [5, 5.41) is 0. The molecular formula is C18H28FNO. The molecule has 0 N–H and O–H groups in total. The largest absolute Gasteiger partial charge is 0.303 e. The zero-order valence-corrected chi connectivity index (χ0v) is 13.4. The van der Waals surface area contributed by atoms with E-state index in [1.807, 2.05) is 0 Å². The highest BCUT2D eigenvalue weighted by molar-refractivity contribution is 5.95. The van der Waals surface area contributed by atoms with Gasteiger partial charge < -0.3 is 4.90 Å². The Kier molecular flexibility index (Phi) is 8.91. The molecule has 0 aromatic heterocycles. The number of Topliss-reactive ketones (excluding diaryl/α,β-unsaturated/α-hetero) is 1. The third kappa shape index (κ3) is 7.37. The first-order chi connectivity index (χ1) is 10.2. The van der Waals surface area contributed by atoms with E-state index in [2.05, 4.69) is 18.7 Å². The maximum atomic E-state index is 12.8. The Morgan fingerprint density at radius 1 is 0.952 bits per heavy atom. The molecule has 0 aliphatic heterocycles. The number of hydrogen-bond donors (Lipinski definition) is 0. The Morgan fingerprint density at radius 2 is 1.48 bits per heavy atom. The Morgan fingerprint density at radius 3 is 2.00 bits per heavy atom. The minimum Gasteiger partial charge on any atom is -0.303 e. The molecule has 0 unspecified atom stereocenters. The van der Waals surface area contributed by atoms with Crippen LogP contribution in [0.4, 0.5) is 4.39 Å². The number of hydrogen-bond acceptors (Lipinski definition) is 2. The van der Waals surface area contributed by atoms with Crippen molar-refractivity contribution >= 4 is 5.78 Å². The van der Waals surface area contributed by atoms with Gasteiger partial charge >= 0.3 is 0 Å². The Bertz CT molecular complexity index is 394. The molecule has 118 valence electrons. The number of nitrogens with zero attached hydrogens (tertiary/aromatic N) is 1. The van der Waals surface area contributed by atoms with Gasteiger partial charge in [-0.1, -0.05) is 26.7 Å². The van der Waals surface area contributed by atoms with Crippen LogP contribution in [-0.2, 0) is 0 Å². The van der Waals surface area contributed by atoms with E-state index in [1.54, 1.807) is 12.1 Å². The molecule has 1 rings (SSSR count). The van der Waals surface area contributed by atoms with Gasteiger partial charge in [0.25, 0.3) is 0 Å². The maximum absolute atomic E-state index is 12.8. The molecule has 0 heterocycles. The van der Waals surface area contributed by atoms with Gasteiger partial charge in [-0.15, -0.1) is 0 Å². The van der Waals surface area contributed by atoms with Crippen LogP contribution in [0.2, 0.25) is 0 Å². The lowest BCUT2D eigenvalue weighted by Gasteiger charge is -2.21. The molecule has 21 heavy (non-hydrogen) atoms. The standard InChI is InChI=1S/C18H28FNO/c1-3-5-13-20(14-6-4-2)15-7-8-18(21)16-9-11-17(19)12-10-16/h9-12H,3-8,13-15H2,1-2H3. The lowest BCUT2D eigenvalue weighted by atomic mass is 10.1. The van der Waals surface area contributed by atoms with Crippen LogP contribution < -0.4 is 0 Å². The Hall–Kier alpha value is -1.22. The summed E-state index contributed by atoms with van der Waals surface area (Å²) in [6.45, 7) is 7.64. The predicted molar refractivity (Wildman–Crippen MR) is 86.2 cm³/mol. The molecule has 0 aliphatic rings. The number of unbranched alkanes of at least 4 members (excludes halogenated alkanes) is 2. The summed E-state index contributed by atoms with van der Waals surface area (Å²) < 4.78 is 12.8. The lowest BCUT2D eigenvalue weighted by Crippen LogP contribution is -2.27. The molecule has 3 heteroatoms. The maximum Gasteiger partial charge on any atom is 0.162 e. The fourth-order valence-corrected chi connectivity index (χ4v) is 2.34. The van der Waals surface area contributed by atoms with Crippen molar-refractivity contribution in [3.05, 3.63) is 35.6 Å². The topological polar surface area (TPSA) is 20.3 Å². The van der Waals surface area contributed by atoms with Crippen molar-refractivity contribution in [2.24, 2.45) is 0 Å². The summed E-state index contributed by atoms with van der Waals surface area (Å²) in [7, 11) is 0. The molecule has 1 aromatic carbocycles. The monoisotopic (exact) mass is 293 g/mol. The molecule has 0 saturated carbocycles. The highest BCUT2D eigenvalue weighted by Gasteiger charge is 2.08. The van der Waals surface area contributed by atoms with Crippen LogP contribution in [0.1, 0.15) is 62.7 Å². The van der Waals surface area contributed by atoms with Gasteiger partial charge in [-0.2, -0.15) is 0 Å². The Labute approximate surface area is 128 Å². The molecule has 0 saturated heterocycles. The average Bonchev–Trinajstić information content (AvgIpc) is 2.50. The van der Waals surface area contributed by atoms with E-state index in [1.165, 1.54) is 37.8 Å². The minimum atomic E-state index is -0.295. The highest BCUT2D eigenvalue weighted by Crippen LogP contribution is 2.09. The van der Waals surface area contributed by atoms with Crippen molar-refractivity contribution in [1.82, 2.24) is 4.90 Å². The second-order valence-corrected chi connectivity index (χ2v) is 5.58. The molecule has 0 atom stereocenters. The van der Waals surface area contributed by atoms with Crippen LogP contribution in [0.15, 0.2) is 24.3 Å². The first-order valence-electron chi connectivity index (χ1n) is 8.18. The lowest BCUT2D eigenvalue weighted by molar-refractivity contribution is 0.0974. The number of rotatable bonds is 11. The highest BCUT2D eigenvalue weighted by atomic mass is 19.1. The number of carbonyl (C=O) groups is 1. The fourth-order valence-electron chi connectivity index (χ4n) is 2.34. The van der Waals surface area contributed by atoms with Crippen LogP contribution in [0.3, 0.4) is 0 Å². The number of carbonyl (C=O) groups excluding carboxylic acids is 1. The van der Waals surface area contributed by atoms with E-state index in [9.17, 15) is 9.18 Å². The van der Waals surface area contributed by atoms with E-state index < -0.39 is 0 Å². The van der Waals surface area contributed by atoms with Crippen molar-refractivity contribution in [2.75, 3.05) is 19.6 Å². The van der Waals surface area contributed by atoms with E-state index in [-0.39, 0.29) is 11.6 Å². The second kappa shape index (κ2) is 10.5. The Balaban J connectivity index is 2.34. The van der Waals surface area contributed by atoms with E-state index >= 15 is 0 Å². The first kappa shape index (κ1) is 17.8. The van der Waals surface area contributed by atoms with Gasteiger partial charge in [0.2, 0.25) is 0 Å². The van der Waals surface area contributed by atoms with E-state index in [0.717, 1.165) is 26.1 Å². The van der Waals surface area contributed by atoms with Crippen molar-refractivity contribution in [1.29, 1.82) is 0 Å². The predicted octanol–water partition coefficient (Wildman–Crippen LogP) is 4.69. The third-order valence-electron chi connectivity index (χ3n) is 3.70. The third-order valence-corrected chi connectivity index (χ3v) is 3.70. The summed E-state index contributed by atoms with van der Waals surface area (Å²) in [4.78, 5) is 14.5. The SMILES string of the molecule is CCCCN(CCCC)CCCC(=O)c1ccc(F)cc1. The van der Waals surface area contributed by atoms with Gasteiger partial charge in [0.15, 0.2) is 5.78 Å². The van der Waals surface area contributed by atoms with Crippen LogP contribution in [0.5, 0.6) is 0 Å². The molecule has 0 spiro atoms. The van der Waals surface area contributed by atoms with Crippen molar-refractivity contribution in [2.45, 2.75) is 52.4 Å². The summed E-state index contributed by atoms with van der Waals surface area (Å²) in [5.74, 6) is -0.183. The molecule has 1 aromatic rings. The normalized spacial score (nSPS) is 11.0. The van der Waals surface area contributed by atoms with Gasteiger partial charge in [-0.05, 0) is 63.2 Å². The van der Waals surface area contributed by atoms with Crippen molar-refractivity contribution in [3.8, 4) is 0 Å².